The van der Waals surface area contributed by atoms with E-state index >= 15 is 0 Å². The molecule has 158 valence electrons. The molecule has 0 saturated heterocycles. The van der Waals surface area contributed by atoms with Crippen molar-refractivity contribution in [3.8, 4) is 5.75 Å². The maximum absolute atomic E-state index is 12.6. The van der Waals surface area contributed by atoms with Crippen molar-refractivity contribution in [2.75, 3.05) is 32.2 Å². The number of aromatic amines is 1. The van der Waals surface area contributed by atoms with Gasteiger partial charge in [-0.2, -0.15) is 0 Å². The molecule has 0 aliphatic carbocycles. The first-order chi connectivity index (χ1) is 14.6. The Balaban J connectivity index is 1.59. The van der Waals surface area contributed by atoms with E-state index in [1.807, 2.05) is 31.3 Å². The molecule has 0 aliphatic heterocycles. The Morgan fingerprint density at radius 2 is 2.00 bits per heavy atom. The lowest BCUT2D eigenvalue weighted by Crippen LogP contribution is -2.25. The maximum Gasteiger partial charge on any atom is 0.251 e. The topological polar surface area (TPSA) is 92.5 Å². The summed E-state index contributed by atoms with van der Waals surface area (Å²) in [6, 6.07) is 12.6. The Labute approximate surface area is 175 Å². The zero-order valence-corrected chi connectivity index (χ0v) is 17.3. The van der Waals surface area contributed by atoms with Crippen LogP contribution in [0.5, 0.6) is 5.75 Å². The van der Waals surface area contributed by atoms with Crippen molar-refractivity contribution in [3.05, 3.63) is 59.8 Å². The van der Waals surface area contributed by atoms with E-state index in [9.17, 15) is 9.59 Å². The van der Waals surface area contributed by atoms with E-state index in [-0.39, 0.29) is 18.2 Å². The molecule has 0 fully saturated rings. The highest BCUT2D eigenvalue weighted by Crippen LogP contribution is 2.24. The summed E-state index contributed by atoms with van der Waals surface area (Å²) in [5.74, 6) is 0.406. The molecule has 30 heavy (non-hydrogen) atoms. The molecule has 0 bridgehead atoms. The summed E-state index contributed by atoms with van der Waals surface area (Å²) in [5, 5.41) is 6.68. The molecule has 0 radical (unpaired) electrons. The molecular formula is C23H27N3O4. The lowest BCUT2D eigenvalue weighted by molar-refractivity contribution is -0.115. The van der Waals surface area contributed by atoms with Gasteiger partial charge in [-0.15, -0.1) is 0 Å². The third kappa shape index (κ3) is 5.61. The van der Waals surface area contributed by atoms with Crippen molar-refractivity contribution in [3.63, 3.8) is 0 Å². The third-order valence-electron chi connectivity index (χ3n) is 4.69. The quantitative estimate of drug-likeness (QED) is 0.447. The number of carbonyl (C=O) groups excluding carboxylic acids is 2. The van der Waals surface area contributed by atoms with Crippen molar-refractivity contribution in [2.45, 2.75) is 19.8 Å². The number of hydrogen-bond donors (Lipinski definition) is 3. The van der Waals surface area contributed by atoms with Gasteiger partial charge in [0.05, 0.1) is 13.5 Å². The molecule has 2 amide bonds. The summed E-state index contributed by atoms with van der Waals surface area (Å²) in [6.07, 6.45) is 2.79. The van der Waals surface area contributed by atoms with Crippen molar-refractivity contribution >= 4 is 28.4 Å². The summed E-state index contributed by atoms with van der Waals surface area (Å²) in [7, 11) is 1.61. The number of amides is 2. The summed E-state index contributed by atoms with van der Waals surface area (Å²) < 4.78 is 10.5. The highest BCUT2D eigenvalue weighted by atomic mass is 16.5. The van der Waals surface area contributed by atoms with Gasteiger partial charge in [-0.25, -0.2) is 0 Å². The summed E-state index contributed by atoms with van der Waals surface area (Å²) >= 11 is 0. The van der Waals surface area contributed by atoms with Gasteiger partial charge in [0, 0.05) is 48.1 Å². The second-order valence-electron chi connectivity index (χ2n) is 6.84. The molecule has 7 heteroatoms. The van der Waals surface area contributed by atoms with Gasteiger partial charge in [0.1, 0.15) is 5.75 Å². The molecule has 2 aromatic carbocycles. The van der Waals surface area contributed by atoms with E-state index in [1.54, 1.807) is 31.4 Å². The second-order valence-corrected chi connectivity index (χ2v) is 6.84. The predicted octanol–water partition coefficient (Wildman–Crippen LogP) is 3.51. The number of nitrogens with one attached hydrogen (secondary N) is 3. The summed E-state index contributed by atoms with van der Waals surface area (Å²) in [5.41, 5.74) is 2.91. The van der Waals surface area contributed by atoms with Gasteiger partial charge in [0.2, 0.25) is 5.91 Å². The Morgan fingerprint density at radius 3 is 2.80 bits per heavy atom. The highest BCUT2D eigenvalue weighted by Gasteiger charge is 2.11. The molecule has 1 heterocycles. The van der Waals surface area contributed by atoms with Crippen LogP contribution in [-0.2, 0) is 16.0 Å². The molecule has 3 aromatic rings. The summed E-state index contributed by atoms with van der Waals surface area (Å²) in [6.45, 7) is 3.77. The molecule has 0 aliphatic rings. The summed E-state index contributed by atoms with van der Waals surface area (Å²) in [4.78, 5) is 28.0. The average molecular weight is 409 g/mol. The molecule has 0 atom stereocenters. The van der Waals surface area contributed by atoms with Crippen molar-refractivity contribution in [1.82, 2.24) is 10.3 Å². The Bertz CT molecular complexity index is 1010. The van der Waals surface area contributed by atoms with Gasteiger partial charge in [-0.05, 0) is 55.3 Å². The minimum Gasteiger partial charge on any atom is -0.497 e. The largest absolute Gasteiger partial charge is 0.497 e. The van der Waals surface area contributed by atoms with Crippen molar-refractivity contribution < 1.29 is 19.1 Å². The van der Waals surface area contributed by atoms with E-state index in [0.29, 0.717) is 31.0 Å². The fraction of sp³-hybridized carbons (Fsp3) is 0.304. The Hall–Kier alpha value is -3.32. The standard InChI is InChI=1S/C23H27N3O4/c1-3-30-11-5-10-24-23(28)16-6-4-7-18(12-16)26-22(27)13-17-15-25-21-9-8-19(29-2)14-20(17)21/h4,6-9,12,14-15,25H,3,5,10-11,13H2,1-2H3,(H,24,28)(H,26,27). The SMILES string of the molecule is CCOCCCNC(=O)c1cccc(NC(=O)Cc2c[nH]c3ccc(OC)cc23)c1. The Kier molecular flexibility index (Phi) is 7.45. The number of benzene rings is 2. The molecule has 0 unspecified atom stereocenters. The minimum atomic E-state index is -0.175. The fourth-order valence-corrected chi connectivity index (χ4v) is 3.17. The van der Waals surface area contributed by atoms with Crippen LogP contribution in [0.4, 0.5) is 5.69 Å². The fourth-order valence-electron chi connectivity index (χ4n) is 3.17. The first-order valence-electron chi connectivity index (χ1n) is 10.0. The van der Waals surface area contributed by atoms with Crippen LogP contribution in [0.2, 0.25) is 0 Å². The van der Waals surface area contributed by atoms with Crippen LogP contribution in [0.1, 0.15) is 29.3 Å². The van der Waals surface area contributed by atoms with Crippen LogP contribution in [0.15, 0.2) is 48.7 Å². The lowest BCUT2D eigenvalue weighted by atomic mass is 10.1. The first kappa shape index (κ1) is 21.4. The maximum atomic E-state index is 12.6. The van der Waals surface area contributed by atoms with Crippen molar-refractivity contribution in [1.29, 1.82) is 0 Å². The van der Waals surface area contributed by atoms with Crippen molar-refractivity contribution in [2.24, 2.45) is 0 Å². The Morgan fingerprint density at radius 1 is 1.13 bits per heavy atom. The number of rotatable bonds is 10. The molecular weight excluding hydrogens is 382 g/mol. The van der Waals surface area contributed by atoms with Crippen LogP contribution in [0.25, 0.3) is 10.9 Å². The van der Waals surface area contributed by atoms with Crippen LogP contribution >= 0.6 is 0 Å². The third-order valence-corrected chi connectivity index (χ3v) is 4.69. The van der Waals surface area contributed by atoms with E-state index in [2.05, 4.69) is 15.6 Å². The van der Waals surface area contributed by atoms with Crippen LogP contribution < -0.4 is 15.4 Å². The van der Waals surface area contributed by atoms with Crippen LogP contribution in [0, 0.1) is 0 Å². The number of carbonyl (C=O) groups is 2. The normalized spacial score (nSPS) is 10.7. The molecule has 3 N–H and O–H groups in total. The molecule has 3 rings (SSSR count). The average Bonchev–Trinajstić information content (AvgIpc) is 3.15. The minimum absolute atomic E-state index is 0.159. The van der Waals surface area contributed by atoms with Gasteiger partial charge >= 0.3 is 0 Å². The van der Waals surface area contributed by atoms with E-state index in [0.717, 1.165) is 28.6 Å². The van der Waals surface area contributed by atoms with E-state index in [4.69, 9.17) is 9.47 Å². The van der Waals surface area contributed by atoms with Crippen LogP contribution in [0.3, 0.4) is 0 Å². The highest BCUT2D eigenvalue weighted by molar-refractivity contribution is 5.98. The predicted molar refractivity (Wildman–Crippen MR) is 117 cm³/mol. The zero-order chi connectivity index (χ0) is 21.3. The first-order valence-corrected chi connectivity index (χ1v) is 10.0. The van der Waals surface area contributed by atoms with Gasteiger partial charge in [-0.3, -0.25) is 9.59 Å². The number of ether oxygens (including phenoxy) is 2. The lowest BCUT2D eigenvalue weighted by Gasteiger charge is -2.09. The van der Waals surface area contributed by atoms with E-state index in [1.165, 1.54) is 0 Å². The number of anilines is 1. The molecule has 1 aromatic heterocycles. The number of fused-ring (bicyclic) bond motifs is 1. The smallest absolute Gasteiger partial charge is 0.251 e. The molecule has 7 nitrogen and oxygen atoms in total. The number of methoxy groups -OCH3 is 1. The van der Waals surface area contributed by atoms with Gasteiger partial charge < -0.3 is 25.1 Å². The van der Waals surface area contributed by atoms with Gasteiger partial charge in [0.25, 0.3) is 5.91 Å². The monoisotopic (exact) mass is 409 g/mol. The number of H-pyrrole nitrogens is 1. The zero-order valence-electron chi connectivity index (χ0n) is 17.3. The van der Waals surface area contributed by atoms with Gasteiger partial charge in [-0.1, -0.05) is 6.07 Å². The van der Waals surface area contributed by atoms with E-state index < -0.39 is 0 Å². The second kappa shape index (κ2) is 10.5. The van der Waals surface area contributed by atoms with Gasteiger partial charge in [0.15, 0.2) is 0 Å². The number of hydrogen-bond acceptors (Lipinski definition) is 4. The number of aromatic nitrogens is 1. The van der Waals surface area contributed by atoms with Crippen LogP contribution in [-0.4, -0.2) is 43.7 Å². The molecule has 0 saturated carbocycles. The molecule has 0 spiro atoms.